The van der Waals surface area contributed by atoms with Crippen LogP contribution >= 0.6 is 22.9 Å². The highest BCUT2D eigenvalue weighted by molar-refractivity contribution is 9.36. The molecule has 52 valence electrons. The average molecular weight is 208 g/mol. The summed E-state index contributed by atoms with van der Waals surface area (Å²) in [4.78, 5) is 0. The molecule has 0 rings (SSSR count). The molecule has 0 bridgehead atoms. The summed E-state index contributed by atoms with van der Waals surface area (Å²) >= 11 is 3.38. The molecule has 0 aliphatic carbocycles. The second-order valence-electron chi connectivity index (χ2n) is 1.57. The van der Waals surface area contributed by atoms with Crippen molar-refractivity contribution in [2.24, 2.45) is 0 Å². The Balaban J connectivity index is 3.39. The Morgan fingerprint density at radius 2 is 1.78 bits per heavy atom. The van der Waals surface area contributed by atoms with Crippen molar-refractivity contribution >= 4 is 22.9 Å². The molecule has 1 unspecified atom stereocenters. The molecular formula is C6H11BrNP. The average Bonchev–Trinajstić information content (AvgIpc) is 1.88. The van der Waals surface area contributed by atoms with Crippen molar-refractivity contribution < 1.29 is 0 Å². The van der Waals surface area contributed by atoms with E-state index in [4.69, 9.17) is 0 Å². The van der Waals surface area contributed by atoms with E-state index in [1.165, 1.54) is 0 Å². The van der Waals surface area contributed by atoms with E-state index in [0.717, 1.165) is 13.1 Å². The van der Waals surface area contributed by atoms with Crippen LogP contribution in [0.3, 0.4) is 0 Å². The SMILES string of the molecule is C=CCN(CC=C)PBr. The zero-order valence-corrected chi connectivity index (χ0v) is 7.89. The zero-order chi connectivity index (χ0) is 7.11. The summed E-state index contributed by atoms with van der Waals surface area (Å²) in [6, 6.07) is 0. The maximum atomic E-state index is 3.64. The molecule has 1 atom stereocenters. The summed E-state index contributed by atoms with van der Waals surface area (Å²) in [7, 11) is 0.666. The van der Waals surface area contributed by atoms with Crippen molar-refractivity contribution in [3.63, 3.8) is 0 Å². The third-order valence-electron chi connectivity index (χ3n) is 0.818. The lowest BCUT2D eigenvalue weighted by molar-refractivity contribution is 0.577. The zero-order valence-electron chi connectivity index (χ0n) is 5.31. The third kappa shape index (κ3) is 4.83. The summed E-state index contributed by atoms with van der Waals surface area (Å²) in [5.74, 6) is 0. The van der Waals surface area contributed by atoms with Gasteiger partial charge >= 0.3 is 0 Å². The molecule has 9 heavy (non-hydrogen) atoms. The molecule has 3 heteroatoms. The normalized spacial score (nSPS) is 10.9. The van der Waals surface area contributed by atoms with Gasteiger partial charge in [0.25, 0.3) is 0 Å². The lowest BCUT2D eigenvalue weighted by Crippen LogP contribution is -2.11. The Bertz CT molecular complexity index is 85.1. The fraction of sp³-hybridized carbons (Fsp3) is 0.333. The second kappa shape index (κ2) is 6.47. The van der Waals surface area contributed by atoms with Crippen molar-refractivity contribution in [3.05, 3.63) is 25.3 Å². The maximum Gasteiger partial charge on any atom is 0.0219 e. The molecule has 0 spiro atoms. The number of hydrogen-bond acceptors (Lipinski definition) is 1. The molecule has 0 aromatic rings. The highest BCUT2D eigenvalue weighted by Gasteiger charge is 1.94. The van der Waals surface area contributed by atoms with Gasteiger partial charge in [-0.05, 0) is 15.5 Å². The Kier molecular flexibility index (Phi) is 6.72. The lowest BCUT2D eigenvalue weighted by Gasteiger charge is -2.12. The van der Waals surface area contributed by atoms with Gasteiger partial charge < -0.3 is 0 Å². The number of hydrogen-bond donors (Lipinski definition) is 0. The van der Waals surface area contributed by atoms with Crippen LogP contribution in [0.15, 0.2) is 25.3 Å². The first-order valence-corrected chi connectivity index (χ1v) is 5.88. The van der Waals surface area contributed by atoms with Crippen molar-refractivity contribution in [2.45, 2.75) is 0 Å². The van der Waals surface area contributed by atoms with Gasteiger partial charge in [-0.1, -0.05) is 12.2 Å². The molecule has 0 N–H and O–H groups in total. The predicted molar refractivity (Wildman–Crippen MR) is 49.2 cm³/mol. The second-order valence-corrected chi connectivity index (χ2v) is 3.43. The minimum absolute atomic E-state index is 0.666. The highest BCUT2D eigenvalue weighted by atomic mass is 79.9. The first-order valence-electron chi connectivity index (χ1n) is 2.68. The molecule has 0 saturated carbocycles. The summed E-state index contributed by atoms with van der Waals surface area (Å²) in [5, 5.41) is 0. The summed E-state index contributed by atoms with van der Waals surface area (Å²) < 4.78 is 2.19. The monoisotopic (exact) mass is 207 g/mol. The molecule has 0 aromatic carbocycles. The van der Waals surface area contributed by atoms with Gasteiger partial charge in [0, 0.05) is 20.5 Å². The summed E-state index contributed by atoms with van der Waals surface area (Å²) in [5.41, 5.74) is 0. The largest absolute Gasteiger partial charge is 0.268 e. The topological polar surface area (TPSA) is 3.24 Å². The van der Waals surface area contributed by atoms with Gasteiger partial charge in [0.15, 0.2) is 0 Å². The molecule has 0 heterocycles. The van der Waals surface area contributed by atoms with Crippen molar-refractivity contribution in [1.82, 2.24) is 4.67 Å². The predicted octanol–water partition coefficient (Wildman–Crippen LogP) is 2.56. The highest BCUT2D eigenvalue weighted by Crippen LogP contribution is 2.24. The van der Waals surface area contributed by atoms with Crippen LogP contribution in [0.2, 0.25) is 0 Å². The Labute approximate surface area is 66.4 Å². The number of rotatable bonds is 5. The van der Waals surface area contributed by atoms with Crippen LogP contribution in [0, 0.1) is 0 Å². The van der Waals surface area contributed by atoms with Crippen LogP contribution in [-0.2, 0) is 0 Å². The van der Waals surface area contributed by atoms with E-state index in [2.05, 4.69) is 33.3 Å². The van der Waals surface area contributed by atoms with E-state index < -0.39 is 0 Å². The van der Waals surface area contributed by atoms with Gasteiger partial charge in [0.2, 0.25) is 0 Å². The third-order valence-corrected chi connectivity index (χ3v) is 2.93. The quantitative estimate of drug-likeness (QED) is 0.495. The molecule has 0 amide bonds. The van der Waals surface area contributed by atoms with E-state index in [1.54, 1.807) is 0 Å². The van der Waals surface area contributed by atoms with Crippen LogP contribution in [-0.4, -0.2) is 17.8 Å². The van der Waals surface area contributed by atoms with Crippen molar-refractivity contribution in [2.75, 3.05) is 13.1 Å². The van der Waals surface area contributed by atoms with E-state index in [0.29, 0.717) is 7.43 Å². The van der Waals surface area contributed by atoms with Gasteiger partial charge in [-0.3, -0.25) is 4.67 Å². The molecule has 0 aliphatic heterocycles. The molecule has 1 nitrogen and oxygen atoms in total. The Morgan fingerprint density at radius 3 is 2.00 bits per heavy atom. The summed E-state index contributed by atoms with van der Waals surface area (Å²) in [6.45, 7) is 9.13. The van der Waals surface area contributed by atoms with E-state index in [9.17, 15) is 0 Å². The fourth-order valence-electron chi connectivity index (χ4n) is 0.455. The Hall–Kier alpha value is 0.350. The van der Waals surface area contributed by atoms with Crippen LogP contribution < -0.4 is 0 Å². The standard InChI is InChI=1S/C6H11BrNP/c1-3-5-8(9-7)6-4-2/h3-4,9H,1-2,5-6H2. The van der Waals surface area contributed by atoms with Gasteiger partial charge in [-0.2, -0.15) is 0 Å². The lowest BCUT2D eigenvalue weighted by atomic mass is 10.5. The van der Waals surface area contributed by atoms with E-state index in [1.807, 2.05) is 12.2 Å². The van der Waals surface area contributed by atoms with Crippen LogP contribution in [0.4, 0.5) is 0 Å². The van der Waals surface area contributed by atoms with Gasteiger partial charge in [-0.25, -0.2) is 0 Å². The molecular weight excluding hydrogens is 197 g/mol. The number of nitrogens with zero attached hydrogens (tertiary/aromatic N) is 1. The van der Waals surface area contributed by atoms with Gasteiger partial charge in [-0.15, -0.1) is 13.2 Å². The van der Waals surface area contributed by atoms with E-state index in [-0.39, 0.29) is 0 Å². The number of halogens is 1. The van der Waals surface area contributed by atoms with E-state index >= 15 is 0 Å². The van der Waals surface area contributed by atoms with Crippen molar-refractivity contribution in [1.29, 1.82) is 0 Å². The minimum Gasteiger partial charge on any atom is -0.268 e. The smallest absolute Gasteiger partial charge is 0.0219 e. The fourth-order valence-corrected chi connectivity index (χ4v) is 1.72. The van der Waals surface area contributed by atoms with Crippen molar-refractivity contribution in [3.8, 4) is 0 Å². The van der Waals surface area contributed by atoms with Gasteiger partial charge in [0.05, 0.1) is 0 Å². The maximum absolute atomic E-state index is 3.64. The minimum atomic E-state index is 0.666. The molecule has 0 aliphatic rings. The molecule has 0 aromatic heterocycles. The Morgan fingerprint density at radius 1 is 1.33 bits per heavy atom. The van der Waals surface area contributed by atoms with Crippen LogP contribution in [0.5, 0.6) is 0 Å². The molecule has 0 saturated heterocycles. The first kappa shape index (κ1) is 9.35. The van der Waals surface area contributed by atoms with Crippen LogP contribution in [0.1, 0.15) is 0 Å². The first-order chi connectivity index (χ1) is 4.35. The summed E-state index contributed by atoms with van der Waals surface area (Å²) in [6.07, 6.45) is 3.77. The van der Waals surface area contributed by atoms with Crippen LogP contribution in [0.25, 0.3) is 0 Å². The molecule has 0 fully saturated rings. The van der Waals surface area contributed by atoms with Gasteiger partial charge in [0.1, 0.15) is 0 Å². The molecule has 0 radical (unpaired) electrons.